The minimum Gasteiger partial charge on any atom is -0.478 e. The van der Waals surface area contributed by atoms with Crippen molar-refractivity contribution in [2.24, 2.45) is 0 Å². The molecule has 1 fully saturated rings. The first-order valence-electron chi connectivity index (χ1n) is 8.26. The molecule has 1 aromatic rings. The van der Waals surface area contributed by atoms with Crippen LogP contribution in [0.2, 0.25) is 5.02 Å². The number of rotatable bonds is 5. The molecule has 1 aliphatic rings. The van der Waals surface area contributed by atoms with Gasteiger partial charge in [-0.25, -0.2) is 4.79 Å². The fourth-order valence-electron chi connectivity index (χ4n) is 2.47. The first-order chi connectivity index (χ1) is 11.9. The van der Waals surface area contributed by atoms with Gasteiger partial charge in [-0.3, -0.25) is 4.79 Å². The topological polar surface area (TPSA) is 84.9 Å². The molecule has 0 radical (unpaired) electrons. The number of hydrogen-bond acceptors (Lipinski definition) is 4. The molecule has 0 spiro atoms. The summed E-state index contributed by atoms with van der Waals surface area (Å²) in [6.07, 6.45) is 1.65. The van der Waals surface area contributed by atoms with Crippen molar-refractivity contribution in [2.45, 2.75) is 45.8 Å². The molecule has 26 heavy (non-hydrogen) atoms. The molecule has 2 rings (SSSR count). The van der Waals surface area contributed by atoms with Gasteiger partial charge in [0.2, 0.25) is 5.91 Å². The van der Waals surface area contributed by atoms with E-state index in [0.29, 0.717) is 16.1 Å². The second-order valence-electron chi connectivity index (χ2n) is 7.25. The molecule has 1 heterocycles. The Morgan fingerprint density at radius 1 is 1.23 bits per heavy atom. The number of halogens is 1. The fraction of sp³-hybridized carbons (Fsp3) is 0.444. The molecule has 8 heteroatoms. The van der Waals surface area contributed by atoms with E-state index in [1.165, 1.54) is 19.1 Å². The molecule has 0 aromatic heterocycles. The van der Waals surface area contributed by atoms with Crippen molar-refractivity contribution in [1.82, 2.24) is 5.32 Å². The van der Waals surface area contributed by atoms with Gasteiger partial charge in [0, 0.05) is 18.5 Å². The molecular weight excluding hydrogens is 356 g/mol. The van der Waals surface area contributed by atoms with E-state index in [1.54, 1.807) is 12.1 Å². The Morgan fingerprint density at radius 3 is 2.31 bits per heavy atom. The number of aromatic carboxylic acids is 1. The summed E-state index contributed by atoms with van der Waals surface area (Å²) in [5, 5.41) is 12.5. The molecule has 1 aliphatic heterocycles. The van der Waals surface area contributed by atoms with Crippen LogP contribution < -0.4 is 5.32 Å². The van der Waals surface area contributed by atoms with E-state index in [9.17, 15) is 14.7 Å². The molecule has 1 aromatic carbocycles. The highest BCUT2D eigenvalue weighted by atomic mass is 35.5. The van der Waals surface area contributed by atoms with Gasteiger partial charge < -0.3 is 19.7 Å². The van der Waals surface area contributed by atoms with Crippen LogP contribution in [0.5, 0.6) is 0 Å². The molecule has 0 unspecified atom stereocenters. The summed E-state index contributed by atoms with van der Waals surface area (Å²) in [5.74, 6) is -1.28. The zero-order valence-corrected chi connectivity index (χ0v) is 16.3. The van der Waals surface area contributed by atoms with Crippen molar-refractivity contribution in [2.75, 3.05) is 6.54 Å². The SMILES string of the molecule is CC(=O)NCC(=Cc1cc(Cl)ccc1C(=O)O)B1OC(C)(C)C(C)(C)O1. The Kier molecular flexibility index (Phi) is 5.85. The monoisotopic (exact) mass is 379 g/mol. The summed E-state index contributed by atoms with van der Waals surface area (Å²) in [7, 11) is -0.715. The summed E-state index contributed by atoms with van der Waals surface area (Å²) in [6, 6.07) is 4.52. The first kappa shape index (κ1) is 20.5. The van der Waals surface area contributed by atoms with E-state index < -0.39 is 24.3 Å². The molecule has 0 bridgehead atoms. The molecule has 1 amide bonds. The highest BCUT2D eigenvalue weighted by Crippen LogP contribution is 2.39. The van der Waals surface area contributed by atoms with Crippen LogP contribution in [-0.2, 0) is 14.1 Å². The number of carboxylic acid groups (broad SMARTS) is 1. The summed E-state index contributed by atoms with van der Waals surface area (Å²) < 4.78 is 12.1. The Labute approximate surface area is 158 Å². The van der Waals surface area contributed by atoms with Gasteiger partial charge in [-0.1, -0.05) is 17.7 Å². The van der Waals surface area contributed by atoms with Crippen LogP contribution in [0.15, 0.2) is 23.7 Å². The van der Waals surface area contributed by atoms with Crippen LogP contribution in [-0.4, -0.2) is 41.8 Å². The number of hydrogen-bond donors (Lipinski definition) is 2. The Hall–Kier alpha value is -1.83. The van der Waals surface area contributed by atoms with Gasteiger partial charge in [-0.05, 0) is 56.9 Å². The van der Waals surface area contributed by atoms with Crippen LogP contribution in [0.1, 0.15) is 50.5 Å². The van der Waals surface area contributed by atoms with Crippen molar-refractivity contribution in [1.29, 1.82) is 0 Å². The van der Waals surface area contributed by atoms with Crippen LogP contribution in [0, 0.1) is 0 Å². The second kappa shape index (κ2) is 7.43. The number of benzene rings is 1. The molecule has 0 aliphatic carbocycles. The molecular formula is C18H23BClNO5. The molecule has 2 N–H and O–H groups in total. The van der Waals surface area contributed by atoms with Crippen molar-refractivity contribution < 1.29 is 24.0 Å². The molecule has 6 nitrogen and oxygen atoms in total. The number of carbonyl (C=O) groups excluding carboxylic acids is 1. The Balaban J connectivity index is 2.46. The predicted molar refractivity (Wildman–Crippen MR) is 101 cm³/mol. The quantitative estimate of drug-likeness (QED) is 0.768. The Morgan fingerprint density at radius 2 is 1.81 bits per heavy atom. The minimum atomic E-state index is -1.07. The Bertz CT molecular complexity index is 744. The largest absolute Gasteiger partial charge is 0.492 e. The smallest absolute Gasteiger partial charge is 0.478 e. The van der Waals surface area contributed by atoms with E-state index in [-0.39, 0.29) is 18.0 Å². The summed E-state index contributed by atoms with van der Waals surface area (Å²) in [4.78, 5) is 22.9. The normalized spacial score (nSPS) is 18.7. The zero-order valence-electron chi connectivity index (χ0n) is 15.6. The average Bonchev–Trinajstić information content (AvgIpc) is 2.71. The maximum atomic E-state index is 11.5. The highest BCUT2D eigenvalue weighted by Gasteiger charge is 2.52. The standard InChI is InChI=1S/C18H23BClNO5/c1-11(22)21-10-13(19-25-17(2,3)18(4,5)26-19)8-12-9-14(20)6-7-15(12)16(23)24/h6-9H,10H2,1-5H3,(H,21,22)(H,23,24). The highest BCUT2D eigenvalue weighted by molar-refractivity contribution is 6.56. The second-order valence-corrected chi connectivity index (χ2v) is 7.69. The van der Waals surface area contributed by atoms with Crippen LogP contribution >= 0.6 is 11.6 Å². The van der Waals surface area contributed by atoms with Gasteiger partial charge in [0.15, 0.2) is 0 Å². The molecule has 0 saturated carbocycles. The predicted octanol–water partition coefficient (Wildman–Crippen LogP) is 3.19. The number of carboxylic acids is 1. The summed E-state index contributed by atoms with van der Waals surface area (Å²) in [6.45, 7) is 9.26. The van der Waals surface area contributed by atoms with Crippen molar-refractivity contribution in [3.05, 3.63) is 39.8 Å². The first-order valence-corrected chi connectivity index (χ1v) is 8.64. The lowest BCUT2D eigenvalue weighted by molar-refractivity contribution is -0.118. The number of nitrogens with one attached hydrogen (secondary N) is 1. The van der Waals surface area contributed by atoms with Crippen molar-refractivity contribution >= 4 is 36.7 Å². The third kappa shape index (κ3) is 4.47. The third-order valence-electron chi connectivity index (χ3n) is 4.68. The van der Waals surface area contributed by atoms with Crippen LogP contribution in [0.4, 0.5) is 0 Å². The molecule has 0 atom stereocenters. The average molecular weight is 380 g/mol. The number of carbonyl (C=O) groups is 2. The van der Waals surface area contributed by atoms with Gasteiger partial charge in [0.05, 0.1) is 16.8 Å². The number of amides is 1. The summed E-state index contributed by atoms with van der Waals surface area (Å²) in [5.41, 5.74) is 0.00312. The fourth-order valence-corrected chi connectivity index (χ4v) is 2.65. The minimum absolute atomic E-state index is 0.103. The molecule has 1 saturated heterocycles. The molecule has 140 valence electrons. The van der Waals surface area contributed by atoms with E-state index in [1.807, 2.05) is 27.7 Å². The van der Waals surface area contributed by atoms with Crippen LogP contribution in [0.25, 0.3) is 6.08 Å². The van der Waals surface area contributed by atoms with Gasteiger partial charge in [0.25, 0.3) is 0 Å². The van der Waals surface area contributed by atoms with Gasteiger partial charge in [-0.2, -0.15) is 0 Å². The van der Waals surface area contributed by atoms with Gasteiger partial charge in [0.1, 0.15) is 0 Å². The van der Waals surface area contributed by atoms with Gasteiger partial charge in [-0.15, -0.1) is 0 Å². The van der Waals surface area contributed by atoms with E-state index in [2.05, 4.69) is 5.32 Å². The zero-order chi connectivity index (χ0) is 19.7. The van der Waals surface area contributed by atoms with Gasteiger partial charge >= 0.3 is 13.1 Å². The summed E-state index contributed by atoms with van der Waals surface area (Å²) >= 11 is 6.03. The van der Waals surface area contributed by atoms with Crippen molar-refractivity contribution in [3.8, 4) is 0 Å². The van der Waals surface area contributed by atoms with Crippen LogP contribution in [0.3, 0.4) is 0 Å². The maximum absolute atomic E-state index is 11.5. The van der Waals surface area contributed by atoms with E-state index in [4.69, 9.17) is 20.9 Å². The lowest BCUT2D eigenvalue weighted by atomic mass is 9.76. The lowest BCUT2D eigenvalue weighted by Crippen LogP contribution is -2.41. The third-order valence-corrected chi connectivity index (χ3v) is 4.92. The lowest BCUT2D eigenvalue weighted by Gasteiger charge is -2.32. The maximum Gasteiger partial charge on any atom is 0.492 e. The van der Waals surface area contributed by atoms with E-state index in [0.717, 1.165) is 0 Å². The van der Waals surface area contributed by atoms with Crippen molar-refractivity contribution in [3.63, 3.8) is 0 Å². The van der Waals surface area contributed by atoms with E-state index >= 15 is 0 Å².